The Bertz CT molecular complexity index is 743. The number of aromatic nitrogens is 2. The summed E-state index contributed by atoms with van der Waals surface area (Å²) >= 11 is 0. The standard InChI is InChI=1S/C20H29N7O.HI/c1-21-20(22-9-5-11-27-12-6-10-24-27)23-17-19(28)26-15-13-25(14-16-26)18-7-3-2-4-8-18;/h2-4,6-8,10,12H,5,9,11,13-17H2,1H3,(H2,21,22,23);1H. The third-order valence-corrected chi connectivity index (χ3v) is 4.80. The highest BCUT2D eigenvalue weighted by atomic mass is 127. The number of amides is 1. The minimum absolute atomic E-state index is 0. The van der Waals surface area contributed by atoms with Crippen LogP contribution in [0, 0.1) is 0 Å². The second-order valence-electron chi connectivity index (χ2n) is 6.68. The summed E-state index contributed by atoms with van der Waals surface area (Å²) in [6, 6.07) is 12.3. The highest BCUT2D eigenvalue weighted by molar-refractivity contribution is 14.0. The third kappa shape index (κ3) is 7.22. The van der Waals surface area contributed by atoms with Crippen LogP contribution in [0.1, 0.15) is 6.42 Å². The molecule has 0 spiro atoms. The van der Waals surface area contributed by atoms with Crippen LogP contribution in [0.3, 0.4) is 0 Å². The number of benzene rings is 1. The van der Waals surface area contributed by atoms with Gasteiger partial charge in [0.15, 0.2) is 5.96 Å². The second-order valence-corrected chi connectivity index (χ2v) is 6.68. The molecule has 8 nitrogen and oxygen atoms in total. The molecular weight excluding hydrogens is 481 g/mol. The number of carbonyl (C=O) groups is 1. The number of aliphatic imine (C=N–C) groups is 1. The average molecular weight is 511 g/mol. The molecule has 2 aromatic rings. The van der Waals surface area contributed by atoms with E-state index in [-0.39, 0.29) is 36.4 Å². The lowest BCUT2D eigenvalue weighted by Gasteiger charge is -2.36. The van der Waals surface area contributed by atoms with E-state index in [1.165, 1.54) is 5.69 Å². The van der Waals surface area contributed by atoms with Gasteiger partial charge in [-0.2, -0.15) is 5.10 Å². The molecule has 1 aromatic heterocycles. The Labute approximate surface area is 189 Å². The van der Waals surface area contributed by atoms with Gasteiger partial charge in [-0.1, -0.05) is 18.2 Å². The molecule has 0 aliphatic carbocycles. The number of guanidine groups is 1. The fourth-order valence-electron chi connectivity index (χ4n) is 3.23. The van der Waals surface area contributed by atoms with E-state index >= 15 is 0 Å². The monoisotopic (exact) mass is 511 g/mol. The molecule has 1 saturated heterocycles. The van der Waals surface area contributed by atoms with E-state index in [1.807, 2.05) is 40.0 Å². The molecule has 158 valence electrons. The van der Waals surface area contributed by atoms with Gasteiger partial charge >= 0.3 is 0 Å². The zero-order valence-electron chi connectivity index (χ0n) is 16.8. The largest absolute Gasteiger partial charge is 0.368 e. The maximum Gasteiger partial charge on any atom is 0.242 e. The minimum Gasteiger partial charge on any atom is -0.368 e. The van der Waals surface area contributed by atoms with Crippen molar-refractivity contribution in [3.63, 3.8) is 0 Å². The highest BCUT2D eigenvalue weighted by Crippen LogP contribution is 2.15. The van der Waals surface area contributed by atoms with Gasteiger partial charge in [0.1, 0.15) is 0 Å². The normalized spacial score (nSPS) is 14.3. The minimum atomic E-state index is 0. The third-order valence-electron chi connectivity index (χ3n) is 4.80. The summed E-state index contributed by atoms with van der Waals surface area (Å²) in [6.45, 7) is 5.07. The molecule has 29 heavy (non-hydrogen) atoms. The maximum absolute atomic E-state index is 12.5. The van der Waals surface area contributed by atoms with Crippen LogP contribution in [0.25, 0.3) is 0 Å². The van der Waals surface area contributed by atoms with Gasteiger partial charge in [0.2, 0.25) is 5.91 Å². The first-order chi connectivity index (χ1) is 13.8. The lowest BCUT2D eigenvalue weighted by molar-refractivity contribution is -0.130. The van der Waals surface area contributed by atoms with Crippen molar-refractivity contribution in [1.82, 2.24) is 25.3 Å². The van der Waals surface area contributed by atoms with E-state index in [2.05, 4.69) is 37.8 Å². The molecule has 3 rings (SSSR count). The Balaban J connectivity index is 0.00000300. The highest BCUT2D eigenvalue weighted by Gasteiger charge is 2.21. The summed E-state index contributed by atoms with van der Waals surface area (Å²) in [5, 5.41) is 10.5. The molecule has 1 amide bonds. The Morgan fingerprint density at radius 1 is 1.10 bits per heavy atom. The number of nitrogens with one attached hydrogen (secondary N) is 2. The number of carbonyl (C=O) groups excluding carboxylic acids is 1. The van der Waals surface area contributed by atoms with Gasteiger partial charge in [-0.05, 0) is 24.6 Å². The average Bonchev–Trinajstić information content (AvgIpc) is 3.27. The number of aryl methyl sites for hydroxylation is 1. The molecule has 2 heterocycles. The van der Waals surface area contributed by atoms with Crippen LogP contribution >= 0.6 is 24.0 Å². The molecule has 0 radical (unpaired) electrons. The maximum atomic E-state index is 12.5. The first-order valence-corrected chi connectivity index (χ1v) is 9.76. The van der Waals surface area contributed by atoms with E-state index < -0.39 is 0 Å². The number of hydrogen-bond acceptors (Lipinski definition) is 4. The van der Waals surface area contributed by atoms with Gasteiger partial charge in [0.25, 0.3) is 0 Å². The molecule has 0 bridgehead atoms. The van der Waals surface area contributed by atoms with Crippen LogP contribution in [-0.2, 0) is 11.3 Å². The Kier molecular flexibility index (Phi) is 9.75. The van der Waals surface area contributed by atoms with Crippen molar-refractivity contribution in [2.24, 2.45) is 4.99 Å². The van der Waals surface area contributed by atoms with Gasteiger partial charge in [-0.15, -0.1) is 24.0 Å². The van der Waals surface area contributed by atoms with Crippen molar-refractivity contribution in [2.45, 2.75) is 13.0 Å². The Morgan fingerprint density at radius 2 is 1.86 bits per heavy atom. The smallest absolute Gasteiger partial charge is 0.242 e. The van der Waals surface area contributed by atoms with Crippen LogP contribution in [0.15, 0.2) is 53.8 Å². The van der Waals surface area contributed by atoms with Crippen molar-refractivity contribution in [1.29, 1.82) is 0 Å². The molecule has 0 atom stereocenters. The second kappa shape index (κ2) is 12.3. The first kappa shape index (κ1) is 23.0. The van der Waals surface area contributed by atoms with Crippen molar-refractivity contribution >= 4 is 41.5 Å². The van der Waals surface area contributed by atoms with E-state index in [0.29, 0.717) is 5.96 Å². The number of rotatable bonds is 7. The predicted octanol–water partition coefficient (Wildman–Crippen LogP) is 1.40. The number of nitrogens with zero attached hydrogens (tertiary/aromatic N) is 5. The molecular formula is C20H30IN7O. The summed E-state index contributed by atoms with van der Waals surface area (Å²) < 4.78 is 1.90. The fourth-order valence-corrected chi connectivity index (χ4v) is 3.23. The van der Waals surface area contributed by atoms with Crippen LogP contribution in [0.5, 0.6) is 0 Å². The SMILES string of the molecule is CN=C(NCCCn1cccn1)NCC(=O)N1CCN(c2ccccc2)CC1.I. The summed E-state index contributed by atoms with van der Waals surface area (Å²) in [7, 11) is 1.71. The molecule has 1 fully saturated rings. The van der Waals surface area contributed by atoms with Crippen LogP contribution in [0.4, 0.5) is 5.69 Å². The zero-order valence-corrected chi connectivity index (χ0v) is 19.2. The molecule has 1 aliphatic rings. The van der Waals surface area contributed by atoms with Crippen LogP contribution < -0.4 is 15.5 Å². The van der Waals surface area contributed by atoms with Gasteiger partial charge in [-0.25, -0.2) is 0 Å². The van der Waals surface area contributed by atoms with Gasteiger partial charge in [-0.3, -0.25) is 14.5 Å². The van der Waals surface area contributed by atoms with Crippen molar-refractivity contribution in [2.75, 3.05) is 51.2 Å². The fraction of sp³-hybridized carbons (Fsp3) is 0.450. The lowest BCUT2D eigenvalue weighted by atomic mass is 10.2. The van der Waals surface area contributed by atoms with Crippen LogP contribution in [0.2, 0.25) is 0 Å². The van der Waals surface area contributed by atoms with Gasteiger partial charge in [0, 0.05) is 64.4 Å². The molecule has 2 N–H and O–H groups in total. The summed E-state index contributed by atoms with van der Waals surface area (Å²) in [5.74, 6) is 0.754. The molecule has 9 heteroatoms. The number of piperazine rings is 1. The molecule has 0 saturated carbocycles. The van der Waals surface area contributed by atoms with Gasteiger partial charge in [0.05, 0.1) is 6.54 Å². The number of hydrogen-bond donors (Lipinski definition) is 2. The van der Waals surface area contributed by atoms with Crippen molar-refractivity contribution in [3.05, 3.63) is 48.8 Å². The Morgan fingerprint density at radius 3 is 2.52 bits per heavy atom. The summed E-state index contributed by atoms with van der Waals surface area (Å²) in [5.41, 5.74) is 1.22. The topological polar surface area (TPSA) is 77.8 Å². The van der Waals surface area contributed by atoms with E-state index in [0.717, 1.165) is 45.7 Å². The first-order valence-electron chi connectivity index (χ1n) is 9.76. The summed E-state index contributed by atoms with van der Waals surface area (Å²) in [6.07, 6.45) is 4.65. The Hall–Kier alpha value is -2.30. The molecule has 1 aliphatic heterocycles. The van der Waals surface area contributed by atoms with Gasteiger partial charge < -0.3 is 20.4 Å². The van der Waals surface area contributed by atoms with E-state index in [9.17, 15) is 4.79 Å². The molecule has 1 aromatic carbocycles. The number of para-hydroxylation sites is 1. The van der Waals surface area contributed by atoms with Crippen molar-refractivity contribution in [3.8, 4) is 0 Å². The summed E-state index contributed by atoms with van der Waals surface area (Å²) in [4.78, 5) is 20.9. The lowest BCUT2D eigenvalue weighted by Crippen LogP contribution is -2.52. The van der Waals surface area contributed by atoms with Crippen LogP contribution in [-0.4, -0.2) is 72.9 Å². The van der Waals surface area contributed by atoms with E-state index in [4.69, 9.17) is 0 Å². The number of anilines is 1. The number of halogens is 1. The van der Waals surface area contributed by atoms with Crippen molar-refractivity contribution < 1.29 is 4.79 Å². The quantitative estimate of drug-likeness (QED) is 0.255. The zero-order chi connectivity index (χ0) is 19.6. The van der Waals surface area contributed by atoms with E-state index in [1.54, 1.807) is 13.2 Å². The predicted molar refractivity (Wildman–Crippen MR) is 127 cm³/mol. The molecule has 0 unspecified atom stereocenters.